The predicted molar refractivity (Wildman–Crippen MR) is 137 cm³/mol. The quantitative estimate of drug-likeness (QED) is 0.367. The Bertz CT molecular complexity index is 1060. The fraction of sp³-hybridized carbons (Fsp3) is 0.310. The summed E-state index contributed by atoms with van der Waals surface area (Å²) in [5.74, 6) is 1.24. The number of nitrogens with one attached hydrogen (secondary N) is 1. The van der Waals surface area contributed by atoms with E-state index in [-0.39, 0.29) is 18.2 Å². The third-order valence-electron chi connectivity index (χ3n) is 5.66. The Morgan fingerprint density at radius 3 is 2.23 bits per heavy atom. The number of para-hydroxylation sites is 1. The van der Waals surface area contributed by atoms with Gasteiger partial charge in [0, 0.05) is 25.9 Å². The molecular formula is C29H34N2O4. The molecule has 0 aliphatic carbocycles. The molecule has 1 atom stereocenters. The van der Waals surface area contributed by atoms with Crippen LogP contribution in [0.3, 0.4) is 0 Å². The molecule has 0 saturated heterocycles. The lowest BCUT2D eigenvalue weighted by molar-refractivity contribution is -0.141. The van der Waals surface area contributed by atoms with Crippen molar-refractivity contribution in [1.82, 2.24) is 10.2 Å². The van der Waals surface area contributed by atoms with Crippen LogP contribution >= 0.6 is 0 Å². The van der Waals surface area contributed by atoms with Gasteiger partial charge in [0.25, 0.3) is 0 Å². The Labute approximate surface area is 207 Å². The molecule has 3 rings (SSSR count). The molecule has 0 unspecified atom stereocenters. The summed E-state index contributed by atoms with van der Waals surface area (Å²) >= 11 is 0. The number of rotatable bonds is 13. The summed E-state index contributed by atoms with van der Waals surface area (Å²) in [5, 5.41) is 2.92. The molecule has 35 heavy (non-hydrogen) atoms. The fourth-order valence-electron chi connectivity index (χ4n) is 3.89. The van der Waals surface area contributed by atoms with E-state index < -0.39 is 6.04 Å². The van der Waals surface area contributed by atoms with Crippen LogP contribution in [0.4, 0.5) is 0 Å². The molecule has 0 aromatic heterocycles. The maximum absolute atomic E-state index is 13.5. The molecule has 3 aromatic rings. The molecule has 0 heterocycles. The van der Waals surface area contributed by atoms with E-state index in [9.17, 15) is 9.59 Å². The molecule has 0 fully saturated rings. The molecule has 0 saturated carbocycles. The largest absolute Gasteiger partial charge is 0.497 e. The van der Waals surface area contributed by atoms with Crippen molar-refractivity contribution in [3.63, 3.8) is 0 Å². The first-order chi connectivity index (χ1) is 17.1. The Kier molecular flexibility index (Phi) is 10.2. The minimum atomic E-state index is -0.633. The number of ether oxygens (including phenoxy) is 2. The van der Waals surface area contributed by atoms with Crippen molar-refractivity contribution < 1.29 is 19.1 Å². The highest BCUT2D eigenvalue weighted by atomic mass is 16.5. The van der Waals surface area contributed by atoms with Crippen molar-refractivity contribution in [2.24, 2.45) is 0 Å². The molecular weight excluding hydrogens is 440 g/mol. The summed E-state index contributed by atoms with van der Waals surface area (Å²) in [6.07, 6.45) is 1.26. The van der Waals surface area contributed by atoms with E-state index in [1.54, 1.807) is 12.0 Å². The lowest BCUT2D eigenvalue weighted by Gasteiger charge is -2.31. The summed E-state index contributed by atoms with van der Waals surface area (Å²) in [4.78, 5) is 28.4. The first-order valence-corrected chi connectivity index (χ1v) is 12.0. The minimum Gasteiger partial charge on any atom is -0.497 e. The molecule has 3 aromatic carbocycles. The number of carbonyl (C=O) groups excluding carboxylic acids is 2. The van der Waals surface area contributed by atoms with E-state index in [1.165, 1.54) is 0 Å². The van der Waals surface area contributed by atoms with Crippen LogP contribution in [0.25, 0.3) is 0 Å². The van der Waals surface area contributed by atoms with E-state index in [1.807, 2.05) is 91.9 Å². The first-order valence-electron chi connectivity index (χ1n) is 12.0. The summed E-state index contributed by atoms with van der Waals surface area (Å²) in [5.41, 5.74) is 1.90. The van der Waals surface area contributed by atoms with Gasteiger partial charge in [0.1, 0.15) is 17.5 Å². The molecule has 1 N–H and O–H groups in total. The maximum atomic E-state index is 13.5. The molecule has 0 spiro atoms. The van der Waals surface area contributed by atoms with Crippen molar-refractivity contribution in [1.29, 1.82) is 0 Å². The number of nitrogens with zero attached hydrogens (tertiary/aromatic N) is 1. The number of likely N-dealkylation sites (N-methyl/N-ethyl adjacent to an activating group) is 1. The smallest absolute Gasteiger partial charge is 0.243 e. The highest BCUT2D eigenvalue weighted by Gasteiger charge is 2.30. The SMILES string of the molecule is CCNC(=O)[C@@H](Cc1ccccc1)N(Cc1cccc(OC)c1)C(=O)CCCOc1ccccc1. The van der Waals surface area contributed by atoms with Crippen molar-refractivity contribution in [2.45, 2.75) is 38.8 Å². The van der Waals surface area contributed by atoms with Gasteiger partial charge in [-0.05, 0) is 48.7 Å². The molecule has 0 bridgehead atoms. The number of hydrogen-bond donors (Lipinski definition) is 1. The second kappa shape index (κ2) is 13.8. The van der Waals surface area contributed by atoms with Crippen LogP contribution in [0.15, 0.2) is 84.9 Å². The second-order valence-corrected chi connectivity index (χ2v) is 8.24. The number of benzene rings is 3. The van der Waals surface area contributed by atoms with E-state index in [0.717, 1.165) is 16.9 Å². The number of hydrogen-bond acceptors (Lipinski definition) is 4. The lowest BCUT2D eigenvalue weighted by Crippen LogP contribution is -2.50. The van der Waals surface area contributed by atoms with Crippen LogP contribution in [0.5, 0.6) is 11.5 Å². The van der Waals surface area contributed by atoms with Crippen molar-refractivity contribution in [3.8, 4) is 11.5 Å². The van der Waals surface area contributed by atoms with Gasteiger partial charge < -0.3 is 19.7 Å². The standard InChI is InChI=1S/C29H34N2O4/c1-3-30-29(33)27(21-23-12-6-4-7-13-23)31(22-24-14-10-17-26(20-24)34-2)28(32)18-11-19-35-25-15-8-5-9-16-25/h4-10,12-17,20,27H,3,11,18-19,21-22H2,1-2H3,(H,30,33)/t27-/m1/s1. The summed E-state index contributed by atoms with van der Waals surface area (Å²) in [6, 6.07) is 26.3. The van der Waals surface area contributed by atoms with Gasteiger partial charge in [0.15, 0.2) is 0 Å². The van der Waals surface area contributed by atoms with Gasteiger partial charge in [-0.15, -0.1) is 0 Å². The topological polar surface area (TPSA) is 67.9 Å². The summed E-state index contributed by atoms with van der Waals surface area (Å²) < 4.78 is 11.1. The third kappa shape index (κ3) is 8.18. The van der Waals surface area contributed by atoms with Crippen molar-refractivity contribution in [3.05, 3.63) is 96.1 Å². The summed E-state index contributed by atoms with van der Waals surface area (Å²) in [7, 11) is 1.61. The van der Waals surface area contributed by atoms with Gasteiger partial charge in [0.2, 0.25) is 11.8 Å². The van der Waals surface area contributed by atoms with Gasteiger partial charge >= 0.3 is 0 Å². The zero-order chi connectivity index (χ0) is 24.9. The van der Waals surface area contributed by atoms with Crippen LogP contribution < -0.4 is 14.8 Å². The molecule has 0 aliphatic heterocycles. The zero-order valence-electron chi connectivity index (χ0n) is 20.5. The van der Waals surface area contributed by atoms with Crippen molar-refractivity contribution in [2.75, 3.05) is 20.3 Å². The van der Waals surface area contributed by atoms with Gasteiger partial charge in [-0.3, -0.25) is 9.59 Å². The van der Waals surface area contributed by atoms with E-state index in [4.69, 9.17) is 9.47 Å². The molecule has 6 nitrogen and oxygen atoms in total. The van der Waals surface area contributed by atoms with Crippen LogP contribution in [0.2, 0.25) is 0 Å². The number of carbonyl (C=O) groups is 2. The van der Waals surface area contributed by atoms with Crippen LogP contribution in [-0.4, -0.2) is 43.0 Å². The van der Waals surface area contributed by atoms with Gasteiger partial charge in [-0.1, -0.05) is 60.7 Å². The van der Waals surface area contributed by atoms with E-state index >= 15 is 0 Å². The van der Waals surface area contributed by atoms with E-state index in [2.05, 4.69) is 5.32 Å². The number of amides is 2. The molecule has 184 valence electrons. The normalized spacial score (nSPS) is 11.4. The highest BCUT2D eigenvalue weighted by molar-refractivity contribution is 5.88. The molecule has 0 radical (unpaired) electrons. The van der Waals surface area contributed by atoms with Crippen LogP contribution in [0, 0.1) is 0 Å². The van der Waals surface area contributed by atoms with E-state index in [0.29, 0.717) is 38.3 Å². The Morgan fingerprint density at radius 2 is 1.54 bits per heavy atom. The molecule has 6 heteroatoms. The highest BCUT2D eigenvalue weighted by Crippen LogP contribution is 2.19. The lowest BCUT2D eigenvalue weighted by atomic mass is 10.0. The fourth-order valence-corrected chi connectivity index (χ4v) is 3.89. The Balaban J connectivity index is 1.79. The van der Waals surface area contributed by atoms with Gasteiger partial charge in [-0.2, -0.15) is 0 Å². The average molecular weight is 475 g/mol. The second-order valence-electron chi connectivity index (χ2n) is 8.24. The van der Waals surface area contributed by atoms with Gasteiger partial charge in [0.05, 0.1) is 13.7 Å². The molecule has 2 amide bonds. The third-order valence-corrected chi connectivity index (χ3v) is 5.66. The minimum absolute atomic E-state index is 0.0864. The van der Waals surface area contributed by atoms with Gasteiger partial charge in [-0.25, -0.2) is 0 Å². The maximum Gasteiger partial charge on any atom is 0.243 e. The average Bonchev–Trinajstić information content (AvgIpc) is 2.90. The number of methoxy groups -OCH3 is 1. The summed E-state index contributed by atoms with van der Waals surface area (Å²) in [6.45, 7) is 3.11. The zero-order valence-corrected chi connectivity index (χ0v) is 20.5. The Hall–Kier alpha value is -3.80. The van der Waals surface area contributed by atoms with Crippen LogP contribution in [0.1, 0.15) is 30.9 Å². The molecule has 0 aliphatic rings. The monoisotopic (exact) mass is 474 g/mol. The van der Waals surface area contributed by atoms with Crippen LogP contribution in [-0.2, 0) is 22.6 Å². The van der Waals surface area contributed by atoms with Crippen molar-refractivity contribution >= 4 is 11.8 Å². The Morgan fingerprint density at radius 1 is 0.886 bits per heavy atom. The first kappa shape index (κ1) is 25.8. The predicted octanol–water partition coefficient (Wildman–Crippen LogP) is 4.63.